The van der Waals surface area contributed by atoms with Gasteiger partial charge in [-0.1, -0.05) is 0 Å². The molecule has 94 valence electrons. The predicted molar refractivity (Wildman–Crippen MR) is 53.9 cm³/mol. The molecule has 1 N–H and O–H groups in total. The van der Waals surface area contributed by atoms with Gasteiger partial charge >= 0.3 is 12.1 Å². The van der Waals surface area contributed by atoms with Crippen LogP contribution in [0.4, 0.5) is 13.2 Å². The van der Waals surface area contributed by atoms with Crippen LogP contribution in [-0.2, 0) is 4.79 Å². The van der Waals surface area contributed by atoms with Gasteiger partial charge in [0.15, 0.2) is 0 Å². The lowest BCUT2D eigenvalue weighted by atomic mass is 10.2. The number of alkyl halides is 3. The second-order valence-electron chi connectivity index (χ2n) is 4.34. The third kappa shape index (κ3) is 3.37. The van der Waals surface area contributed by atoms with Crippen LogP contribution >= 0.6 is 0 Å². The summed E-state index contributed by atoms with van der Waals surface area (Å²) >= 11 is 0. The highest BCUT2D eigenvalue weighted by atomic mass is 19.4. The zero-order valence-corrected chi connectivity index (χ0v) is 9.47. The second kappa shape index (κ2) is 5.03. The van der Waals surface area contributed by atoms with E-state index >= 15 is 0 Å². The molecule has 1 amide bonds. The molecule has 0 spiro atoms. The molecule has 0 saturated carbocycles. The van der Waals surface area contributed by atoms with Crippen LogP contribution in [0, 0.1) is 0 Å². The first-order valence-electron chi connectivity index (χ1n) is 5.43. The minimum Gasteiger partial charge on any atom is -0.331 e. The van der Waals surface area contributed by atoms with Crippen molar-refractivity contribution in [2.75, 3.05) is 13.1 Å². The van der Waals surface area contributed by atoms with Crippen LogP contribution in [-0.4, -0.2) is 42.2 Å². The Hall–Kier alpha value is -0.780. The molecule has 0 aliphatic carbocycles. The summed E-state index contributed by atoms with van der Waals surface area (Å²) in [5, 5.41) is 3.09. The van der Waals surface area contributed by atoms with Gasteiger partial charge in [-0.15, -0.1) is 0 Å². The number of rotatable bonds is 3. The quantitative estimate of drug-likeness (QED) is 0.808. The van der Waals surface area contributed by atoms with Gasteiger partial charge in [-0.05, 0) is 33.2 Å². The number of nitrogens with zero attached hydrogens (tertiary/aromatic N) is 1. The van der Waals surface area contributed by atoms with Gasteiger partial charge < -0.3 is 10.2 Å². The molecule has 1 unspecified atom stereocenters. The normalized spacial score (nSPS) is 21.5. The van der Waals surface area contributed by atoms with Crippen LogP contribution < -0.4 is 5.32 Å². The standard InChI is InChI=1S/C10H17F3N2O/c1-7(2)15(9(16)10(11,12)13)6-8-4-3-5-14-8/h7-8,14H,3-6H2,1-2H3. The Balaban J connectivity index is 2.63. The highest BCUT2D eigenvalue weighted by Gasteiger charge is 2.43. The van der Waals surface area contributed by atoms with Crippen molar-refractivity contribution in [3.63, 3.8) is 0 Å². The van der Waals surface area contributed by atoms with Gasteiger partial charge in [-0.25, -0.2) is 0 Å². The van der Waals surface area contributed by atoms with Gasteiger partial charge in [0.05, 0.1) is 0 Å². The van der Waals surface area contributed by atoms with Crippen LogP contribution in [0.15, 0.2) is 0 Å². The van der Waals surface area contributed by atoms with Gasteiger partial charge in [-0.2, -0.15) is 13.2 Å². The van der Waals surface area contributed by atoms with Crippen molar-refractivity contribution in [2.24, 2.45) is 0 Å². The molecule has 0 aromatic carbocycles. The summed E-state index contributed by atoms with van der Waals surface area (Å²) in [4.78, 5) is 12.1. The molecule has 0 aromatic heterocycles. The lowest BCUT2D eigenvalue weighted by Gasteiger charge is -2.30. The molecular formula is C10H17F3N2O. The smallest absolute Gasteiger partial charge is 0.331 e. The summed E-state index contributed by atoms with van der Waals surface area (Å²) in [7, 11) is 0. The third-order valence-corrected chi connectivity index (χ3v) is 2.71. The van der Waals surface area contributed by atoms with Crippen LogP contribution in [0.25, 0.3) is 0 Å². The molecule has 1 saturated heterocycles. The van der Waals surface area contributed by atoms with Gasteiger partial charge in [0.1, 0.15) is 0 Å². The summed E-state index contributed by atoms with van der Waals surface area (Å²) < 4.78 is 37.0. The monoisotopic (exact) mass is 238 g/mol. The molecule has 1 rings (SSSR count). The molecule has 1 heterocycles. The van der Waals surface area contributed by atoms with E-state index in [1.54, 1.807) is 13.8 Å². The van der Waals surface area contributed by atoms with Gasteiger partial charge in [0.2, 0.25) is 0 Å². The first-order chi connectivity index (χ1) is 7.32. The number of hydrogen-bond donors (Lipinski definition) is 1. The SMILES string of the molecule is CC(C)N(CC1CCCN1)C(=O)C(F)(F)F. The summed E-state index contributed by atoms with van der Waals surface area (Å²) in [5.74, 6) is -1.74. The van der Waals surface area contributed by atoms with Gasteiger partial charge in [0, 0.05) is 18.6 Å². The summed E-state index contributed by atoms with van der Waals surface area (Å²) in [6, 6.07) is -0.440. The highest BCUT2D eigenvalue weighted by Crippen LogP contribution is 2.21. The zero-order chi connectivity index (χ0) is 12.3. The number of amides is 1. The van der Waals surface area contributed by atoms with Gasteiger partial charge in [-0.3, -0.25) is 4.79 Å². The first-order valence-corrected chi connectivity index (χ1v) is 5.43. The third-order valence-electron chi connectivity index (χ3n) is 2.71. The largest absolute Gasteiger partial charge is 0.471 e. The average molecular weight is 238 g/mol. The van der Waals surface area contributed by atoms with Crippen molar-refractivity contribution in [3.8, 4) is 0 Å². The fourth-order valence-electron chi connectivity index (χ4n) is 1.84. The molecule has 1 fully saturated rings. The van der Waals surface area contributed by atoms with Crippen LogP contribution in [0.2, 0.25) is 0 Å². The predicted octanol–water partition coefficient (Wildman–Crippen LogP) is 1.54. The molecule has 1 aliphatic rings. The first kappa shape index (κ1) is 13.3. The Kier molecular flexibility index (Phi) is 4.18. The van der Waals surface area contributed by atoms with Crippen molar-refractivity contribution in [1.29, 1.82) is 0 Å². The maximum Gasteiger partial charge on any atom is 0.471 e. The van der Waals surface area contributed by atoms with Crippen molar-refractivity contribution >= 4 is 5.91 Å². The van der Waals surface area contributed by atoms with Crippen molar-refractivity contribution < 1.29 is 18.0 Å². The van der Waals surface area contributed by atoms with E-state index < -0.39 is 18.1 Å². The van der Waals surface area contributed by atoms with Gasteiger partial charge in [0.25, 0.3) is 0 Å². The van der Waals surface area contributed by atoms with E-state index in [-0.39, 0.29) is 12.6 Å². The lowest BCUT2D eigenvalue weighted by Crippen LogP contribution is -2.49. The fourth-order valence-corrected chi connectivity index (χ4v) is 1.84. The Morgan fingerprint density at radius 2 is 2.12 bits per heavy atom. The Bertz CT molecular complexity index is 247. The van der Waals surface area contributed by atoms with E-state index in [1.807, 2.05) is 0 Å². The Morgan fingerprint density at radius 3 is 2.50 bits per heavy atom. The van der Waals surface area contributed by atoms with Crippen LogP contribution in [0.1, 0.15) is 26.7 Å². The molecule has 3 nitrogen and oxygen atoms in total. The number of hydrogen-bond acceptors (Lipinski definition) is 2. The number of nitrogens with one attached hydrogen (secondary N) is 1. The molecule has 0 radical (unpaired) electrons. The van der Waals surface area contributed by atoms with E-state index in [0.29, 0.717) is 0 Å². The number of carbonyl (C=O) groups excluding carboxylic acids is 1. The molecule has 1 aliphatic heterocycles. The number of halogens is 3. The summed E-state index contributed by atoms with van der Waals surface area (Å²) in [6.45, 7) is 4.14. The molecule has 0 bridgehead atoms. The highest BCUT2D eigenvalue weighted by molar-refractivity contribution is 5.82. The van der Waals surface area contributed by atoms with Crippen molar-refractivity contribution in [3.05, 3.63) is 0 Å². The van der Waals surface area contributed by atoms with E-state index in [0.717, 1.165) is 24.3 Å². The zero-order valence-electron chi connectivity index (χ0n) is 9.47. The lowest BCUT2D eigenvalue weighted by molar-refractivity contribution is -0.187. The Labute approximate surface area is 93.0 Å². The fraction of sp³-hybridized carbons (Fsp3) is 0.900. The van der Waals surface area contributed by atoms with E-state index in [2.05, 4.69) is 5.32 Å². The second-order valence-corrected chi connectivity index (χ2v) is 4.34. The topological polar surface area (TPSA) is 32.3 Å². The summed E-state index contributed by atoms with van der Waals surface area (Å²) in [5.41, 5.74) is 0. The molecule has 6 heteroatoms. The minimum atomic E-state index is -4.77. The summed E-state index contributed by atoms with van der Waals surface area (Å²) in [6.07, 6.45) is -2.99. The van der Waals surface area contributed by atoms with Crippen LogP contribution in [0.5, 0.6) is 0 Å². The van der Waals surface area contributed by atoms with E-state index in [9.17, 15) is 18.0 Å². The van der Waals surface area contributed by atoms with E-state index in [1.165, 1.54) is 0 Å². The molecular weight excluding hydrogens is 221 g/mol. The molecule has 16 heavy (non-hydrogen) atoms. The Morgan fingerprint density at radius 1 is 1.50 bits per heavy atom. The maximum atomic E-state index is 12.3. The molecule has 1 atom stereocenters. The maximum absolute atomic E-state index is 12.3. The van der Waals surface area contributed by atoms with Crippen molar-refractivity contribution in [1.82, 2.24) is 10.2 Å². The average Bonchev–Trinajstić information content (AvgIpc) is 2.63. The molecule has 0 aromatic rings. The number of carbonyl (C=O) groups is 1. The van der Waals surface area contributed by atoms with Crippen molar-refractivity contribution in [2.45, 2.75) is 44.9 Å². The minimum absolute atomic E-state index is 0.00583. The van der Waals surface area contributed by atoms with Crippen LogP contribution in [0.3, 0.4) is 0 Å². The van der Waals surface area contributed by atoms with E-state index in [4.69, 9.17) is 0 Å².